The summed E-state index contributed by atoms with van der Waals surface area (Å²) in [6.45, 7) is 3.55. The molecule has 0 unspecified atom stereocenters. The van der Waals surface area contributed by atoms with E-state index >= 15 is 0 Å². The quantitative estimate of drug-likeness (QED) is 0.816. The highest BCUT2D eigenvalue weighted by atomic mass is 16.2. The first-order chi connectivity index (χ1) is 8.53. The van der Waals surface area contributed by atoms with Crippen molar-refractivity contribution in [2.45, 2.75) is 19.4 Å². The van der Waals surface area contributed by atoms with Gasteiger partial charge in [0, 0.05) is 11.6 Å². The summed E-state index contributed by atoms with van der Waals surface area (Å²) in [7, 11) is 0. The van der Waals surface area contributed by atoms with Crippen molar-refractivity contribution in [2.75, 3.05) is 0 Å². The Hall–Kier alpha value is -2.34. The Morgan fingerprint density at radius 1 is 1.33 bits per heavy atom. The van der Waals surface area contributed by atoms with Gasteiger partial charge < -0.3 is 5.32 Å². The second-order valence-electron chi connectivity index (χ2n) is 4.60. The maximum absolute atomic E-state index is 12.2. The molecule has 18 heavy (non-hydrogen) atoms. The van der Waals surface area contributed by atoms with Gasteiger partial charge in [-0.3, -0.25) is 9.78 Å². The Labute approximate surface area is 106 Å². The molecule has 0 aliphatic heterocycles. The van der Waals surface area contributed by atoms with Gasteiger partial charge in [0.15, 0.2) is 0 Å². The third-order valence-electron chi connectivity index (χ3n) is 2.68. The molecule has 0 atom stereocenters. The number of terminal acetylenes is 1. The van der Waals surface area contributed by atoms with Crippen LogP contribution in [0.2, 0.25) is 0 Å². The molecule has 2 aromatic rings. The number of rotatable bonds is 2. The minimum absolute atomic E-state index is 0.255. The van der Waals surface area contributed by atoms with Crippen molar-refractivity contribution < 1.29 is 4.79 Å². The lowest BCUT2D eigenvalue weighted by molar-refractivity contribution is 0.0926. The predicted octanol–water partition coefficient (Wildman–Crippen LogP) is 2.38. The standard InChI is InChI=1S/C15H14N2O/c1-4-15(2,3)17-14(18)13-12-8-6-5-7-11(12)9-10-16-13/h1,5-10H,2-3H3,(H,17,18). The molecular weight excluding hydrogens is 224 g/mol. The molecule has 3 heteroatoms. The Kier molecular flexibility index (Phi) is 3.03. The van der Waals surface area contributed by atoms with Crippen LogP contribution in [0.25, 0.3) is 10.8 Å². The van der Waals surface area contributed by atoms with Crippen LogP contribution >= 0.6 is 0 Å². The Morgan fingerprint density at radius 3 is 2.78 bits per heavy atom. The summed E-state index contributed by atoms with van der Waals surface area (Å²) in [6.07, 6.45) is 6.99. The Morgan fingerprint density at radius 2 is 2.06 bits per heavy atom. The zero-order chi connectivity index (χ0) is 13.2. The summed E-state index contributed by atoms with van der Waals surface area (Å²) in [4.78, 5) is 16.3. The maximum atomic E-state index is 12.2. The van der Waals surface area contributed by atoms with Crippen LogP contribution in [-0.2, 0) is 0 Å². The van der Waals surface area contributed by atoms with Gasteiger partial charge in [-0.1, -0.05) is 30.2 Å². The van der Waals surface area contributed by atoms with Crippen molar-refractivity contribution in [1.82, 2.24) is 10.3 Å². The van der Waals surface area contributed by atoms with Crippen molar-refractivity contribution in [1.29, 1.82) is 0 Å². The van der Waals surface area contributed by atoms with E-state index in [1.807, 2.05) is 30.3 Å². The van der Waals surface area contributed by atoms with Crippen LogP contribution < -0.4 is 5.32 Å². The fourth-order valence-electron chi connectivity index (χ4n) is 1.68. The molecule has 0 aliphatic rings. The number of pyridine rings is 1. The number of nitrogens with one attached hydrogen (secondary N) is 1. The van der Waals surface area contributed by atoms with Crippen LogP contribution in [0.1, 0.15) is 24.3 Å². The number of hydrogen-bond acceptors (Lipinski definition) is 2. The molecule has 0 aliphatic carbocycles. The van der Waals surface area contributed by atoms with E-state index in [0.717, 1.165) is 10.8 Å². The number of nitrogens with zero attached hydrogens (tertiary/aromatic N) is 1. The van der Waals surface area contributed by atoms with Gasteiger partial charge in [0.1, 0.15) is 5.69 Å². The van der Waals surface area contributed by atoms with E-state index in [4.69, 9.17) is 6.42 Å². The summed E-state index contributed by atoms with van der Waals surface area (Å²) in [5.74, 6) is 2.28. The monoisotopic (exact) mass is 238 g/mol. The largest absolute Gasteiger partial charge is 0.335 e. The maximum Gasteiger partial charge on any atom is 0.271 e. The summed E-state index contributed by atoms with van der Waals surface area (Å²) in [5, 5.41) is 4.58. The highest BCUT2D eigenvalue weighted by molar-refractivity contribution is 6.05. The van der Waals surface area contributed by atoms with Gasteiger partial charge in [0.05, 0.1) is 5.54 Å². The van der Waals surface area contributed by atoms with Crippen LogP contribution in [0.15, 0.2) is 36.5 Å². The van der Waals surface area contributed by atoms with E-state index in [0.29, 0.717) is 5.69 Å². The van der Waals surface area contributed by atoms with Crippen molar-refractivity contribution in [3.63, 3.8) is 0 Å². The molecule has 1 heterocycles. The van der Waals surface area contributed by atoms with Crippen molar-refractivity contribution in [2.24, 2.45) is 0 Å². The van der Waals surface area contributed by atoms with E-state index in [1.165, 1.54) is 0 Å². The highest BCUT2D eigenvalue weighted by Crippen LogP contribution is 2.16. The van der Waals surface area contributed by atoms with Crippen LogP contribution in [0.3, 0.4) is 0 Å². The SMILES string of the molecule is C#CC(C)(C)NC(=O)c1nccc2ccccc12. The second-order valence-corrected chi connectivity index (χ2v) is 4.60. The summed E-state index contributed by atoms with van der Waals surface area (Å²) >= 11 is 0. The molecule has 0 saturated heterocycles. The van der Waals surface area contributed by atoms with Gasteiger partial charge in [-0.05, 0) is 25.3 Å². The summed E-state index contributed by atoms with van der Waals surface area (Å²) in [6, 6.07) is 9.50. The number of carbonyl (C=O) groups is 1. The van der Waals surface area contributed by atoms with Crippen molar-refractivity contribution >= 4 is 16.7 Å². The summed E-state index contributed by atoms with van der Waals surface area (Å²) < 4.78 is 0. The van der Waals surface area contributed by atoms with E-state index in [1.54, 1.807) is 20.0 Å². The van der Waals surface area contributed by atoms with Crippen LogP contribution in [-0.4, -0.2) is 16.4 Å². The Balaban J connectivity index is 2.43. The fourth-order valence-corrected chi connectivity index (χ4v) is 1.68. The van der Waals surface area contributed by atoms with Gasteiger partial charge in [-0.2, -0.15) is 0 Å². The molecule has 2 rings (SSSR count). The zero-order valence-electron chi connectivity index (χ0n) is 10.4. The molecule has 0 spiro atoms. The van der Waals surface area contributed by atoms with Crippen molar-refractivity contribution in [3.8, 4) is 12.3 Å². The molecule has 0 saturated carbocycles. The minimum Gasteiger partial charge on any atom is -0.335 e. The predicted molar refractivity (Wildman–Crippen MR) is 72.1 cm³/mol. The molecule has 1 aromatic carbocycles. The number of benzene rings is 1. The zero-order valence-corrected chi connectivity index (χ0v) is 10.4. The fraction of sp³-hybridized carbons (Fsp3) is 0.200. The molecule has 0 radical (unpaired) electrons. The van der Waals surface area contributed by atoms with Gasteiger partial charge in [0.2, 0.25) is 0 Å². The van der Waals surface area contributed by atoms with E-state index in [9.17, 15) is 4.79 Å². The number of fused-ring (bicyclic) bond motifs is 1. The summed E-state index contributed by atoms with van der Waals surface area (Å²) in [5.41, 5.74) is -0.285. The normalized spacial score (nSPS) is 10.9. The second kappa shape index (κ2) is 4.50. The average molecular weight is 238 g/mol. The highest BCUT2D eigenvalue weighted by Gasteiger charge is 2.20. The number of amides is 1. The molecule has 90 valence electrons. The molecule has 3 nitrogen and oxygen atoms in total. The first-order valence-corrected chi connectivity index (χ1v) is 5.67. The van der Waals surface area contributed by atoms with E-state index in [2.05, 4.69) is 16.2 Å². The number of aromatic nitrogens is 1. The Bertz CT molecular complexity index is 633. The third-order valence-corrected chi connectivity index (χ3v) is 2.68. The van der Waals surface area contributed by atoms with Crippen molar-refractivity contribution in [3.05, 3.63) is 42.2 Å². The molecule has 1 aromatic heterocycles. The van der Waals surface area contributed by atoms with Gasteiger partial charge in [-0.25, -0.2) is 0 Å². The van der Waals surface area contributed by atoms with E-state index < -0.39 is 5.54 Å². The topological polar surface area (TPSA) is 42.0 Å². The van der Waals surface area contributed by atoms with Gasteiger partial charge in [0.25, 0.3) is 5.91 Å². The van der Waals surface area contributed by atoms with Crippen LogP contribution in [0.5, 0.6) is 0 Å². The molecular formula is C15H14N2O. The molecule has 0 bridgehead atoms. The van der Waals surface area contributed by atoms with Crippen LogP contribution in [0, 0.1) is 12.3 Å². The molecule has 1 N–H and O–H groups in total. The van der Waals surface area contributed by atoms with Gasteiger partial charge >= 0.3 is 0 Å². The average Bonchev–Trinajstić information content (AvgIpc) is 2.37. The lowest BCUT2D eigenvalue weighted by Crippen LogP contribution is -2.42. The smallest absolute Gasteiger partial charge is 0.271 e. The molecule has 0 fully saturated rings. The minimum atomic E-state index is -0.685. The lowest BCUT2D eigenvalue weighted by atomic mass is 10.1. The van der Waals surface area contributed by atoms with Gasteiger partial charge in [-0.15, -0.1) is 6.42 Å². The third kappa shape index (κ3) is 2.33. The number of carbonyl (C=O) groups excluding carboxylic acids is 1. The first-order valence-electron chi connectivity index (χ1n) is 5.67. The lowest BCUT2D eigenvalue weighted by Gasteiger charge is -2.19. The van der Waals surface area contributed by atoms with Crippen LogP contribution in [0.4, 0.5) is 0 Å². The van der Waals surface area contributed by atoms with E-state index in [-0.39, 0.29) is 5.91 Å². The molecule has 1 amide bonds. The number of hydrogen-bond donors (Lipinski definition) is 1. The first kappa shape index (κ1) is 12.1.